The lowest BCUT2D eigenvalue weighted by molar-refractivity contribution is 0.0188. The average molecular weight is 171 g/mol. The molecule has 1 atom stereocenters. The van der Waals surface area contributed by atoms with Crippen molar-refractivity contribution in [2.24, 2.45) is 11.7 Å². The van der Waals surface area contributed by atoms with Crippen molar-refractivity contribution in [3.63, 3.8) is 0 Å². The minimum atomic E-state index is 0.0282. The van der Waals surface area contributed by atoms with Gasteiger partial charge in [0.25, 0.3) is 0 Å². The van der Waals surface area contributed by atoms with E-state index < -0.39 is 0 Å². The summed E-state index contributed by atoms with van der Waals surface area (Å²) in [4.78, 5) is 0. The van der Waals surface area contributed by atoms with Gasteiger partial charge in [-0.15, -0.1) is 0 Å². The third kappa shape index (κ3) is 1.99. The van der Waals surface area contributed by atoms with Crippen molar-refractivity contribution >= 4 is 0 Å². The maximum atomic E-state index is 6.29. The number of ether oxygens (including phenoxy) is 1. The van der Waals surface area contributed by atoms with Gasteiger partial charge in [-0.25, -0.2) is 0 Å². The highest BCUT2D eigenvalue weighted by Crippen LogP contribution is 2.29. The van der Waals surface area contributed by atoms with Gasteiger partial charge in [0.2, 0.25) is 0 Å². The van der Waals surface area contributed by atoms with Gasteiger partial charge in [-0.3, -0.25) is 0 Å². The number of hydrogen-bond donors (Lipinski definition) is 1. The lowest BCUT2D eigenvalue weighted by atomic mass is 9.77. The molecule has 0 amide bonds. The number of hydrogen-bond acceptors (Lipinski definition) is 2. The first-order chi connectivity index (χ1) is 5.73. The summed E-state index contributed by atoms with van der Waals surface area (Å²) in [6.45, 7) is 6.16. The standard InChI is InChI=1S/C10H21NO/c1-3-10(11,4-2)9-6-5-7-12-8-9/h9H,3-8,11H2,1-2H3. The molecule has 1 fully saturated rings. The van der Waals surface area contributed by atoms with Crippen LogP contribution in [0.5, 0.6) is 0 Å². The Balaban J connectivity index is 2.51. The zero-order chi connectivity index (χ0) is 9.03. The molecule has 2 nitrogen and oxygen atoms in total. The molecule has 1 heterocycles. The van der Waals surface area contributed by atoms with Gasteiger partial charge in [0.05, 0.1) is 6.61 Å². The predicted molar refractivity (Wildman–Crippen MR) is 51.0 cm³/mol. The Kier molecular flexibility index (Phi) is 3.53. The molecule has 1 aliphatic rings. The molecule has 1 saturated heterocycles. The topological polar surface area (TPSA) is 35.2 Å². The summed E-state index contributed by atoms with van der Waals surface area (Å²) in [5, 5.41) is 0. The molecule has 2 heteroatoms. The second-order valence-electron chi connectivity index (χ2n) is 3.85. The maximum Gasteiger partial charge on any atom is 0.0511 e. The van der Waals surface area contributed by atoms with Crippen molar-refractivity contribution < 1.29 is 4.74 Å². The summed E-state index contributed by atoms with van der Waals surface area (Å²) >= 11 is 0. The van der Waals surface area contributed by atoms with Gasteiger partial charge in [-0.05, 0) is 25.7 Å². The summed E-state index contributed by atoms with van der Waals surface area (Å²) in [5.74, 6) is 0.584. The Morgan fingerprint density at radius 2 is 2.08 bits per heavy atom. The average Bonchev–Trinajstić information content (AvgIpc) is 2.18. The van der Waals surface area contributed by atoms with E-state index in [0.717, 1.165) is 26.1 Å². The van der Waals surface area contributed by atoms with Gasteiger partial charge in [-0.2, -0.15) is 0 Å². The molecule has 0 bridgehead atoms. The van der Waals surface area contributed by atoms with E-state index in [9.17, 15) is 0 Å². The monoisotopic (exact) mass is 171 g/mol. The van der Waals surface area contributed by atoms with E-state index in [2.05, 4.69) is 13.8 Å². The minimum absolute atomic E-state index is 0.0282. The van der Waals surface area contributed by atoms with E-state index in [1.54, 1.807) is 0 Å². The first-order valence-corrected chi connectivity index (χ1v) is 5.09. The molecule has 0 aromatic carbocycles. The molecule has 0 saturated carbocycles. The molecule has 0 aliphatic carbocycles. The quantitative estimate of drug-likeness (QED) is 0.704. The SMILES string of the molecule is CCC(N)(CC)C1CCCOC1. The zero-order valence-electron chi connectivity index (χ0n) is 8.31. The molecule has 12 heavy (non-hydrogen) atoms. The van der Waals surface area contributed by atoms with Gasteiger partial charge >= 0.3 is 0 Å². The van der Waals surface area contributed by atoms with Crippen LogP contribution >= 0.6 is 0 Å². The minimum Gasteiger partial charge on any atom is -0.381 e. The van der Waals surface area contributed by atoms with Gasteiger partial charge < -0.3 is 10.5 Å². The van der Waals surface area contributed by atoms with Crippen molar-refractivity contribution in [1.29, 1.82) is 0 Å². The fraction of sp³-hybridized carbons (Fsp3) is 1.00. The fourth-order valence-corrected chi connectivity index (χ4v) is 2.02. The van der Waals surface area contributed by atoms with Crippen LogP contribution in [-0.4, -0.2) is 18.8 Å². The van der Waals surface area contributed by atoms with Gasteiger partial charge in [-0.1, -0.05) is 13.8 Å². The molecule has 0 spiro atoms. The highest BCUT2D eigenvalue weighted by Gasteiger charge is 2.32. The Morgan fingerprint density at radius 1 is 1.42 bits per heavy atom. The van der Waals surface area contributed by atoms with E-state index >= 15 is 0 Å². The van der Waals surface area contributed by atoms with Gasteiger partial charge in [0.1, 0.15) is 0 Å². The molecule has 1 unspecified atom stereocenters. The van der Waals surface area contributed by atoms with E-state index in [1.165, 1.54) is 12.8 Å². The molecule has 1 aliphatic heterocycles. The highest BCUT2D eigenvalue weighted by molar-refractivity contribution is 4.89. The van der Waals surface area contributed by atoms with Crippen molar-refractivity contribution in [3.8, 4) is 0 Å². The van der Waals surface area contributed by atoms with E-state index in [1.807, 2.05) is 0 Å². The van der Waals surface area contributed by atoms with Crippen molar-refractivity contribution in [1.82, 2.24) is 0 Å². The Labute approximate surface area is 75.5 Å². The Bertz CT molecular complexity index is 126. The van der Waals surface area contributed by atoms with E-state index in [-0.39, 0.29) is 5.54 Å². The summed E-state index contributed by atoms with van der Waals surface area (Å²) in [7, 11) is 0. The predicted octanol–water partition coefficient (Wildman–Crippen LogP) is 1.93. The fourth-order valence-electron chi connectivity index (χ4n) is 2.02. The molecular formula is C10H21NO. The second-order valence-corrected chi connectivity index (χ2v) is 3.85. The lowest BCUT2D eigenvalue weighted by Crippen LogP contribution is -2.49. The van der Waals surface area contributed by atoms with Gasteiger partial charge in [0, 0.05) is 18.1 Å². The van der Waals surface area contributed by atoms with Crippen LogP contribution in [0.2, 0.25) is 0 Å². The molecule has 0 aromatic rings. The summed E-state index contributed by atoms with van der Waals surface area (Å²) in [5.41, 5.74) is 6.32. The van der Waals surface area contributed by atoms with Crippen molar-refractivity contribution in [3.05, 3.63) is 0 Å². The molecule has 72 valence electrons. The van der Waals surface area contributed by atoms with Crippen LogP contribution in [0.15, 0.2) is 0 Å². The van der Waals surface area contributed by atoms with Crippen molar-refractivity contribution in [2.75, 3.05) is 13.2 Å². The molecule has 2 N–H and O–H groups in total. The summed E-state index contributed by atoms with van der Waals surface area (Å²) in [6, 6.07) is 0. The van der Waals surface area contributed by atoms with Crippen LogP contribution in [0.4, 0.5) is 0 Å². The largest absolute Gasteiger partial charge is 0.381 e. The van der Waals surface area contributed by atoms with Crippen LogP contribution in [0.25, 0.3) is 0 Å². The third-order valence-corrected chi connectivity index (χ3v) is 3.29. The smallest absolute Gasteiger partial charge is 0.0511 e. The van der Waals surface area contributed by atoms with Crippen LogP contribution < -0.4 is 5.73 Å². The van der Waals surface area contributed by atoms with Crippen LogP contribution in [-0.2, 0) is 4.74 Å². The van der Waals surface area contributed by atoms with Crippen LogP contribution in [0.1, 0.15) is 39.5 Å². The summed E-state index contributed by atoms with van der Waals surface area (Å²) in [6.07, 6.45) is 4.57. The van der Waals surface area contributed by atoms with Crippen LogP contribution in [0, 0.1) is 5.92 Å². The maximum absolute atomic E-state index is 6.29. The van der Waals surface area contributed by atoms with Crippen molar-refractivity contribution in [2.45, 2.75) is 45.1 Å². The van der Waals surface area contributed by atoms with E-state index in [0.29, 0.717) is 5.92 Å². The van der Waals surface area contributed by atoms with Gasteiger partial charge in [0.15, 0.2) is 0 Å². The Morgan fingerprint density at radius 3 is 2.50 bits per heavy atom. The highest BCUT2D eigenvalue weighted by atomic mass is 16.5. The molecule has 0 aromatic heterocycles. The molecule has 1 rings (SSSR count). The summed E-state index contributed by atoms with van der Waals surface area (Å²) < 4.78 is 5.45. The molecular weight excluding hydrogens is 150 g/mol. The molecule has 0 radical (unpaired) electrons. The first kappa shape index (κ1) is 10.0. The Hall–Kier alpha value is -0.0800. The second kappa shape index (κ2) is 4.24. The first-order valence-electron chi connectivity index (χ1n) is 5.09. The number of nitrogens with two attached hydrogens (primary N) is 1. The normalized spacial score (nSPS) is 25.8. The lowest BCUT2D eigenvalue weighted by Gasteiger charge is -2.38. The third-order valence-electron chi connectivity index (χ3n) is 3.29. The van der Waals surface area contributed by atoms with E-state index in [4.69, 9.17) is 10.5 Å². The zero-order valence-corrected chi connectivity index (χ0v) is 8.31. The number of rotatable bonds is 3. The van der Waals surface area contributed by atoms with Crippen LogP contribution in [0.3, 0.4) is 0 Å².